The van der Waals surface area contributed by atoms with Crippen LogP contribution in [-0.2, 0) is 6.54 Å². The molecule has 1 aromatic heterocycles. The van der Waals surface area contributed by atoms with Gasteiger partial charge in [0.2, 0.25) is 0 Å². The summed E-state index contributed by atoms with van der Waals surface area (Å²) in [5.74, 6) is 0.996. The van der Waals surface area contributed by atoms with Gasteiger partial charge in [-0.1, -0.05) is 6.07 Å². The van der Waals surface area contributed by atoms with Gasteiger partial charge in [-0.15, -0.1) is 0 Å². The Morgan fingerprint density at radius 1 is 1.21 bits per heavy atom. The van der Waals surface area contributed by atoms with E-state index < -0.39 is 0 Å². The summed E-state index contributed by atoms with van der Waals surface area (Å²) in [6, 6.07) is 6.38. The molecule has 0 saturated carbocycles. The molecule has 0 spiro atoms. The quantitative estimate of drug-likeness (QED) is 0.785. The van der Waals surface area contributed by atoms with E-state index in [-0.39, 0.29) is 0 Å². The molecular weight excluding hydrogens is 174 g/mol. The summed E-state index contributed by atoms with van der Waals surface area (Å²) in [7, 11) is 1.92. The second-order valence-electron chi connectivity index (χ2n) is 3.74. The zero-order chi connectivity index (χ0) is 10.1. The van der Waals surface area contributed by atoms with Gasteiger partial charge >= 0.3 is 0 Å². The van der Waals surface area contributed by atoms with Gasteiger partial charge in [-0.3, -0.25) is 0 Å². The topological polar surface area (TPSA) is 25.2 Å². The molecule has 0 radical (unpaired) electrons. The number of aryl methyl sites for hydroxylation is 2. The first-order valence-electron chi connectivity index (χ1n) is 4.85. The van der Waals surface area contributed by atoms with Gasteiger partial charge in [0.1, 0.15) is 11.3 Å². The van der Waals surface area contributed by atoms with Gasteiger partial charge in [-0.05, 0) is 44.2 Å². The standard InChI is InChI=1S/C12H15NO/c1-8-4-9(2)11-6-10(7-13-3)14-12(11)5-8/h4-6,13H,7H2,1-3H3. The Labute approximate surface area is 83.9 Å². The number of nitrogens with one attached hydrogen (secondary N) is 1. The molecule has 2 heteroatoms. The van der Waals surface area contributed by atoms with Crippen LogP contribution >= 0.6 is 0 Å². The van der Waals surface area contributed by atoms with E-state index in [1.165, 1.54) is 16.5 Å². The molecule has 1 heterocycles. The Kier molecular flexibility index (Phi) is 2.30. The maximum absolute atomic E-state index is 5.71. The lowest BCUT2D eigenvalue weighted by Gasteiger charge is -1.96. The lowest BCUT2D eigenvalue weighted by atomic mass is 10.1. The van der Waals surface area contributed by atoms with E-state index in [9.17, 15) is 0 Å². The highest BCUT2D eigenvalue weighted by Gasteiger charge is 2.05. The van der Waals surface area contributed by atoms with Crippen LogP contribution in [0.1, 0.15) is 16.9 Å². The molecular formula is C12H15NO. The number of furan rings is 1. The molecule has 2 nitrogen and oxygen atoms in total. The normalized spacial score (nSPS) is 11.1. The molecule has 0 aliphatic rings. The van der Waals surface area contributed by atoms with E-state index in [4.69, 9.17) is 4.42 Å². The third-order valence-electron chi connectivity index (χ3n) is 2.39. The fourth-order valence-corrected chi connectivity index (χ4v) is 1.80. The van der Waals surface area contributed by atoms with Crippen LogP contribution < -0.4 is 5.32 Å². The molecule has 0 unspecified atom stereocenters. The van der Waals surface area contributed by atoms with Crippen molar-refractivity contribution in [2.24, 2.45) is 0 Å². The molecule has 74 valence electrons. The van der Waals surface area contributed by atoms with Crippen molar-refractivity contribution in [2.45, 2.75) is 20.4 Å². The van der Waals surface area contributed by atoms with Gasteiger partial charge in [0.25, 0.3) is 0 Å². The smallest absolute Gasteiger partial charge is 0.134 e. The Morgan fingerprint density at radius 2 is 2.00 bits per heavy atom. The number of rotatable bonds is 2. The van der Waals surface area contributed by atoms with E-state index >= 15 is 0 Å². The van der Waals surface area contributed by atoms with Crippen LogP contribution in [0, 0.1) is 13.8 Å². The highest BCUT2D eigenvalue weighted by Crippen LogP contribution is 2.24. The molecule has 1 aromatic carbocycles. The van der Waals surface area contributed by atoms with E-state index in [0.29, 0.717) is 0 Å². The summed E-state index contributed by atoms with van der Waals surface area (Å²) in [6.45, 7) is 4.99. The van der Waals surface area contributed by atoms with Crippen molar-refractivity contribution in [3.63, 3.8) is 0 Å². The minimum absolute atomic E-state index is 0.785. The van der Waals surface area contributed by atoms with E-state index in [1.807, 2.05) is 7.05 Å². The highest BCUT2D eigenvalue weighted by molar-refractivity contribution is 5.82. The average Bonchev–Trinajstić information content (AvgIpc) is 2.48. The third kappa shape index (κ3) is 1.53. The maximum atomic E-state index is 5.71. The van der Waals surface area contributed by atoms with Crippen LogP contribution in [0.3, 0.4) is 0 Å². The predicted octanol–water partition coefficient (Wildman–Crippen LogP) is 2.77. The molecule has 0 amide bonds. The van der Waals surface area contributed by atoms with Crippen LogP contribution in [0.2, 0.25) is 0 Å². The van der Waals surface area contributed by atoms with Crippen molar-refractivity contribution in [2.75, 3.05) is 7.05 Å². The van der Waals surface area contributed by atoms with Gasteiger partial charge in [-0.2, -0.15) is 0 Å². The lowest BCUT2D eigenvalue weighted by Crippen LogP contribution is -2.03. The second kappa shape index (κ2) is 3.46. The molecule has 0 fully saturated rings. The molecule has 2 rings (SSSR count). The number of fused-ring (bicyclic) bond motifs is 1. The first-order chi connectivity index (χ1) is 6.70. The van der Waals surface area contributed by atoms with E-state index in [0.717, 1.165) is 17.9 Å². The maximum Gasteiger partial charge on any atom is 0.134 e. The molecule has 2 aromatic rings. The summed E-state index contributed by atoms with van der Waals surface area (Å²) in [4.78, 5) is 0. The van der Waals surface area contributed by atoms with E-state index in [1.54, 1.807) is 0 Å². The van der Waals surface area contributed by atoms with Crippen LogP contribution in [0.5, 0.6) is 0 Å². The SMILES string of the molecule is CNCc1cc2c(C)cc(C)cc2o1. The lowest BCUT2D eigenvalue weighted by molar-refractivity contribution is 0.530. The van der Waals surface area contributed by atoms with Crippen LogP contribution in [0.25, 0.3) is 11.0 Å². The van der Waals surface area contributed by atoms with Crippen LogP contribution in [0.4, 0.5) is 0 Å². The van der Waals surface area contributed by atoms with Crippen molar-refractivity contribution >= 4 is 11.0 Å². The summed E-state index contributed by atoms with van der Waals surface area (Å²) >= 11 is 0. The molecule has 0 aliphatic heterocycles. The zero-order valence-corrected chi connectivity index (χ0v) is 8.85. The Balaban J connectivity index is 2.58. The van der Waals surface area contributed by atoms with Crippen molar-refractivity contribution in [3.05, 3.63) is 35.1 Å². The van der Waals surface area contributed by atoms with Gasteiger partial charge in [-0.25, -0.2) is 0 Å². The number of hydrogen-bond acceptors (Lipinski definition) is 2. The zero-order valence-electron chi connectivity index (χ0n) is 8.85. The predicted molar refractivity (Wildman–Crippen MR) is 58.5 cm³/mol. The molecule has 0 bridgehead atoms. The summed E-state index contributed by atoms with van der Waals surface area (Å²) in [6.07, 6.45) is 0. The van der Waals surface area contributed by atoms with Crippen molar-refractivity contribution in [3.8, 4) is 0 Å². The van der Waals surface area contributed by atoms with Gasteiger partial charge in [0.15, 0.2) is 0 Å². The minimum Gasteiger partial charge on any atom is -0.460 e. The van der Waals surface area contributed by atoms with Crippen molar-refractivity contribution < 1.29 is 4.42 Å². The third-order valence-corrected chi connectivity index (χ3v) is 2.39. The molecule has 0 atom stereocenters. The second-order valence-corrected chi connectivity index (χ2v) is 3.74. The van der Waals surface area contributed by atoms with E-state index in [2.05, 4.69) is 37.4 Å². The van der Waals surface area contributed by atoms with Crippen molar-refractivity contribution in [1.29, 1.82) is 0 Å². The van der Waals surface area contributed by atoms with Crippen LogP contribution in [-0.4, -0.2) is 7.05 Å². The number of benzene rings is 1. The van der Waals surface area contributed by atoms with Gasteiger partial charge in [0.05, 0.1) is 6.54 Å². The van der Waals surface area contributed by atoms with Crippen molar-refractivity contribution in [1.82, 2.24) is 5.32 Å². The molecule has 0 saturated heterocycles. The Hall–Kier alpha value is -1.28. The first-order valence-corrected chi connectivity index (χ1v) is 4.85. The fourth-order valence-electron chi connectivity index (χ4n) is 1.80. The first kappa shape index (κ1) is 9.28. The molecule has 0 aliphatic carbocycles. The average molecular weight is 189 g/mol. The summed E-state index contributed by atoms with van der Waals surface area (Å²) < 4.78 is 5.71. The Morgan fingerprint density at radius 3 is 2.71 bits per heavy atom. The summed E-state index contributed by atoms with van der Waals surface area (Å²) in [5.41, 5.74) is 3.53. The number of hydrogen-bond donors (Lipinski definition) is 1. The largest absolute Gasteiger partial charge is 0.460 e. The van der Waals surface area contributed by atoms with Gasteiger partial charge in [0, 0.05) is 5.39 Å². The fraction of sp³-hybridized carbons (Fsp3) is 0.333. The Bertz CT molecular complexity index is 457. The highest BCUT2D eigenvalue weighted by atomic mass is 16.3. The van der Waals surface area contributed by atoms with Crippen LogP contribution in [0.15, 0.2) is 22.6 Å². The minimum atomic E-state index is 0.785. The molecule has 1 N–H and O–H groups in total. The summed E-state index contributed by atoms with van der Waals surface area (Å²) in [5, 5.41) is 4.31. The van der Waals surface area contributed by atoms with Gasteiger partial charge < -0.3 is 9.73 Å². The monoisotopic (exact) mass is 189 g/mol. The molecule has 14 heavy (non-hydrogen) atoms.